The van der Waals surface area contributed by atoms with E-state index in [0.717, 1.165) is 5.56 Å². The molecule has 0 saturated heterocycles. The number of hydrogen-bond donors (Lipinski definition) is 3. The molecular weight excluding hydrogens is 244 g/mol. The molecule has 0 bridgehead atoms. The van der Waals surface area contributed by atoms with Gasteiger partial charge in [-0.25, -0.2) is 5.53 Å². The Bertz CT molecular complexity index is 431. The van der Waals surface area contributed by atoms with E-state index >= 15 is 0 Å². The lowest BCUT2D eigenvalue weighted by Crippen LogP contribution is -2.46. The Balaban J connectivity index is 2.51. The first-order valence-electron chi connectivity index (χ1n) is 6.09. The number of hydrogen-bond acceptors (Lipinski definition) is 5. The van der Waals surface area contributed by atoms with Gasteiger partial charge in [-0.1, -0.05) is 12.1 Å². The molecule has 0 heterocycles. The third kappa shape index (κ3) is 4.42. The van der Waals surface area contributed by atoms with Gasteiger partial charge in [0.25, 0.3) is 0 Å². The number of rotatable bonds is 6. The molecule has 0 fully saturated rings. The normalized spacial score (nSPS) is 13.9. The van der Waals surface area contributed by atoms with Crippen LogP contribution in [0.5, 0.6) is 0 Å². The quantitative estimate of drug-likeness (QED) is 0.539. The standard InChI is InChI=1S/C13H20N4O2/c1-9(17(3)10(2)18)13(19)15-8-11-4-6-12(16-14)7-5-11/h4-7,9-10,14,18H,8H2,1-3H3,(H,15,19). The van der Waals surface area contributed by atoms with Crippen LogP contribution in [0.3, 0.4) is 0 Å². The number of carbonyl (C=O) groups is 1. The van der Waals surface area contributed by atoms with Crippen molar-refractivity contribution in [1.82, 2.24) is 10.2 Å². The third-order valence-electron chi connectivity index (χ3n) is 3.11. The van der Waals surface area contributed by atoms with Gasteiger partial charge in [0.2, 0.25) is 5.91 Å². The highest BCUT2D eigenvalue weighted by Gasteiger charge is 2.20. The minimum absolute atomic E-state index is 0.141. The van der Waals surface area contributed by atoms with Crippen LogP contribution in [0.15, 0.2) is 29.4 Å². The van der Waals surface area contributed by atoms with Crippen LogP contribution in [-0.2, 0) is 11.3 Å². The number of likely N-dealkylation sites (N-methyl/N-ethyl adjacent to an activating group) is 1. The molecule has 2 atom stereocenters. The molecule has 0 saturated carbocycles. The van der Waals surface area contributed by atoms with Crippen LogP contribution >= 0.6 is 0 Å². The van der Waals surface area contributed by atoms with E-state index in [1.165, 1.54) is 0 Å². The second-order valence-corrected chi connectivity index (χ2v) is 4.47. The van der Waals surface area contributed by atoms with E-state index in [9.17, 15) is 9.90 Å². The average molecular weight is 264 g/mol. The summed E-state index contributed by atoms with van der Waals surface area (Å²) in [6.45, 7) is 3.77. The summed E-state index contributed by atoms with van der Waals surface area (Å²) in [6.07, 6.45) is -0.668. The van der Waals surface area contributed by atoms with Gasteiger partial charge in [0.15, 0.2) is 0 Å². The van der Waals surface area contributed by atoms with Crippen molar-refractivity contribution in [1.29, 1.82) is 5.53 Å². The first-order chi connectivity index (χ1) is 8.95. The number of nitrogens with zero attached hydrogens (tertiary/aromatic N) is 2. The molecule has 6 heteroatoms. The summed E-state index contributed by atoms with van der Waals surface area (Å²) >= 11 is 0. The number of carbonyl (C=O) groups excluding carboxylic acids is 1. The molecule has 0 aliphatic heterocycles. The first kappa shape index (κ1) is 15.3. The smallest absolute Gasteiger partial charge is 0.237 e. The molecule has 104 valence electrons. The van der Waals surface area contributed by atoms with Crippen LogP contribution in [0, 0.1) is 5.53 Å². The van der Waals surface area contributed by atoms with Crippen molar-refractivity contribution in [2.75, 3.05) is 7.05 Å². The van der Waals surface area contributed by atoms with Crippen molar-refractivity contribution in [2.45, 2.75) is 32.7 Å². The fourth-order valence-electron chi connectivity index (χ4n) is 1.53. The average Bonchev–Trinajstić information content (AvgIpc) is 2.43. The van der Waals surface area contributed by atoms with E-state index in [1.54, 1.807) is 37.9 Å². The second-order valence-electron chi connectivity index (χ2n) is 4.47. The predicted molar refractivity (Wildman–Crippen MR) is 72.0 cm³/mol. The second kappa shape index (κ2) is 6.96. The molecule has 1 aromatic rings. The van der Waals surface area contributed by atoms with Crippen molar-refractivity contribution in [2.24, 2.45) is 5.11 Å². The molecule has 0 radical (unpaired) electrons. The Labute approximate surface area is 112 Å². The Morgan fingerprint density at radius 3 is 2.47 bits per heavy atom. The zero-order chi connectivity index (χ0) is 14.4. The van der Waals surface area contributed by atoms with E-state index in [-0.39, 0.29) is 5.91 Å². The molecule has 1 amide bonds. The van der Waals surface area contributed by atoms with Crippen LogP contribution in [0.1, 0.15) is 19.4 Å². The van der Waals surface area contributed by atoms with E-state index in [0.29, 0.717) is 12.2 Å². The highest BCUT2D eigenvalue weighted by Crippen LogP contribution is 2.12. The molecule has 2 unspecified atom stereocenters. The number of aliphatic hydroxyl groups is 1. The molecule has 1 aromatic carbocycles. The lowest BCUT2D eigenvalue weighted by Gasteiger charge is -2.26. The van der Waals surface area contributed by atoms with Crippen LogP contribution in [-0.4, -0.2) is 35.2 Å². The number of amides is 1. The van der Waals surface area contributed by atoms with Crippen molar-refractivity contribution in [3.63, 3.8) is 0 Å². The lowest BCUT2D eigenvalue weighted by atomic mass is 10.2. The Hall–Kier alpha value is -1.79. The topological polar surface area (TPSA) is 88.8 Å². The molecule has 0 aromatic heterocycles. The van der Waals surface area contributed by atoms with Crippen LogP contribution in [0.4, 0.5) is 5.69 Å². The highest BCUT2D eigenvalue weighted by atomic mass is 16.3. The summed E-state index contributed by atoms with van der Waals surface area (Å²) in [6, 6.07) is 6.68. The Morgan fingerprint density at radius 1 is 1.42 bits per heavy atom. The Kier molecular flexibility index (Phi) is 5.59. The van der Waals surface area contributed by atoms with E-state index in [1.807, 2.05) is 12.1 Å². The van der Waals surface area contributed by atoms with Gasteiger partial charge in [0.05, 0.1) is 11.7 Å². The van der Waals surface area contributed by atoms with Crippen LogP contribution in [0.2, 0.25) is 0 Å². The van der Waals surface area contributed by atoms with Crippen molar-refractivity contribution in [3.8, 4) is 0 Å². The molecule has 19 heavy (non-hydrogen) atoms. The summed E-state index contributed by atoms with van der Waals surface area (Å²) < 4.78 is 0. The fraction of sp³-hybridized carbons (Fsp3) is 0.462. The maximum atomic E-state index is 11.9. The van der Waals surface area contributed by atoms with E-state index < -0.39 is 12.3 Å². The molecule has 0 aliphatic carbocycles. The molecule has 6 nitrogen and oxygen atoms in total. The van der Waals surface area contributed by atoms with Crippen molar-refractivity contribution in [3.05, 3.63) is 29.8 Å². The van der Waals surface area contributed by atoms with E-state index in [4.69, 9.17) is 5.53 Å². The third-order valence-corrected chi connectivity index (χ3v) is 3.11. The summed E-state index contributed by atoms with van der Waals surface area (Å²) in [5, 5.41) is 15.5. The number of nitrogens with one attached hydrogen (secondary N) is 2. The van der Waals surface area contributed by atoms with Gasteiger partial charge in [-0.3, -0.25) is 9.69 Å². The minimum Gasteiger partial charge on any atom is -0.379 e. The molecular formula is C13H20N4O2. The van der Waals surface area contributed by atoms with Crippen molar-refractivity contribution >= 4 is 11.6 Å². The fourth-order valence-corrected chi connectivity index (χ4v) is 1.53. The lowest BCUT2D eigenvalue weighted by molar-refractivity contribution is -0.129. The molecule has 0 spiro atoms. The predicted octanol–water partition coefficient (Wildman–Crippen LogP) is 1.62. The molecule has 3 N–H and O–H groups in total. The first-order valence-corrected chi connectivity index (χ1v) is 6.09. The van der Waals surface area contributed by atoms with Gasteiger partial charge in [-0.15, -0.1) is 0 Å². The van der Waals surface area contributed by atoms with Crippen molar-refractivity contribution < 1.29 is 9.90 Å². The maximum Gasteiger partial charge on any atom is 0.237 e. The van der Waals surface area contributed by atoms with Gasteiger partial charge in [-0.05, 0) is 38.6 Å². The molecule has 1 rings (SSSR count). The van der Waals surface area contributed by atoms with Gasteiger partial charge >= 0.3 is 0 Å². The van der Waals surface area contributed by atoms with Gasteiger partial charge < -0.3 is 10.4 Å². The summed E-state index contributed by atoms with van der Waals surface area (Å²) in [5.41, 5.74) is 8.37. The summed E-state index contributed by atoms with van der Waals surface area (Å²) in [4.78, 5) is 13.5. The number of benzene rings is 1. The zero-order valence-corrected chi connectivity index (χ0v) is 11.4. The van der Waals surface area contributed by atoms with Gasteiger partial charge in [0, 0.05) is 6.54 Å². The van der Waals surface area contributed by atoms with Crippen LogP contribution in [0.25, 0.3) is 0 Å². The van der Waals surface area contributed by atoms with E-state index in [2.05, 4.69) is 10.4 Å². The maximum absolute atomic E-state index is 11.9. The zero-order valence-electron chi connectivity index (χ0n) is 11.4. The highest BCUT2D eigenvalue weighted by molar-refractivity contribution is 5.81. The SMILES string of the molecule is CC(O)N(C)C(C)C(=O)NCc1ccc(N=N)cc1. The van der Waals surface area contributed by atoms with Crippen LogP contribution < -0.4 is 5.32 Å². The minimum atomic E-state index is -0.668. The van der Waals surface area contributed by atoms with Gasteiger partial charge in [0.1, 0.15) is 6.23 Å². The van der Waals surface area contributed by atoms with Gasteiger partial charge in [-0.2, -0.15) is 5.11 Å². The largest absolute Gasteiger partial charge is 0.379 e. The number of aliphatic hydroxyl groups excluding tert-OH is 1. The summed E-state index contributed by atoms with van der Waals surface area (Å²) in [7, 11) is 1.69. The molecule has 0 aliphatic rings. The monoisotopic (exact) mass is 264 g/mol. The summed E-state index contributed by atoms with van der Waals surface area (Å²) in [5.74, 6) is -0.141. The Morgan fingerprint density at radius 2 is 2.00 bits per heavy atom.